The van der Waals surface area contributed by atoms with Gasteiger partial charge in [0.05, 0.1) is 15.5 Å². The average Bonchev–Trinajstić information content (AvgIpc) is 2.01. The molecule has 0 bridgehead atoms. The summed E-state index contributed by atoms with van der Waals surface area (Å²) in [5, 5.41) is 0. The first-order valence-corrected chi connectivity index (χ1v) is 6.31. The molecule has 0 spiro atoms. The molecule has 0 aliphatic carbocycles. The van der Waals surface area contributed by atoms with Crippen LogP contribution in [0.25, 0.3) is 0 Å². The van der Waals surface area contributed by atoms with Crippen LogP contribution in [0.4, 0.5) is 0 Å². The fourth-order valence-electron chi connectivity index (χ4n) is 1.16. The molecule has 4 heteroatoms. The summed E-state index contributed by atoms with van der Waals surface area (Å²) < 4.78 is 23.5. The van der Waals surface area contributed by atoms with E-state index in [1.165, 1.54) is 0 Å². The summed E-state index contributed by atoms with van der Waals surface area (Å²) in [7, 11) is -3.25. The number of sulfone groups is 1. The van der Waals surface area contributed by atoms with Crippen LogP contribution >= 0.6 is 11.6 Å². The molecule has 0 amide bonds. The Labute approximate surface area is 89.8 Å². The van der Waals surface area contributed by atoms with E-state index >= 15 is 0 Å². The first kappa shape index (κ1) is 11.5. The van der Waals surface area contributed by atoms with Crippen LogP contribution in [0.2, 0.25) is 0 Å². The SMILES string of the molecule is CC(C)(Cl)CS(=O)(=O)c1ccccc1. The quantitative estimate of drug-likeness (QED) is 0.751. The molecule has 0 atom stereocenters. The summed E-state index contributed by atoms with van der Waals surface area (Å²) in [6, 6.07) is 8.35. The number of rotatable bonds is 3. The minimum Gasteiger partial charge on any atom is -0.224 e. The van der Waals surface area contributed by atoms with Gasteiger partial charge in [-0.2, -0.15) is 0 Å². The fraction of sp³-hybridized carbons (Fsp3) is 0.400. The van der Waals surface area contributed by atoms with Crippen molar-refractivity contribution in [3.8, 4) is 0 Å². The zero-order valence-corrected chi connectivity index (χ0v) is 9.77. The minimum absolute atomic E-state index is 0.0500. The molecule has 0 aromatic heterocycles. The molecule has 0 heterocycles. The van der Waals surface area contributed by atoms with Crippen molar-refractivity contribution in [3.63, 3.8) is 0 Å². The lowest BCUT2D eigenvalue weighted by Crippen LogP contribution is -2.24. The normalized spacial score (nSPS) is 12.8. The molecule has 0 saturated heterocycles. The van der Waals surface area contributed by atoms with E-state index in [-0.39, 0.29) is 5.75 Å². The van der Waals surface area contributed by atoms with Gasteiger partial charge in [-0.15, -0.1) is 11.6 Å². The average molecular weight is 233 g/mol. The second-order valence-corrected chi connectivity index (χ2v) is 6.80. The van der Waals surface area contributed by atoms with Gasteiger partial charge in [-0.05, 0) is 26.0 Å². The van der Waals surface area contributed by atoms with Crippen molar-refractivity contribution < 1.29 is 8.42 Å². The Morgan fingerprint density at radius 2 is 1.71 bits per heavy atom. The Morgan fingerprint density at radius 1 is 1.21 bits per heavy atom. The van der Waals surface area contributed by atoms with Crippen LogP contribution in [0.1, 0.15) is 13.8 Å². The van der Waals surface area contributed by atoms with E-state index in [2.05, 4.69) is 0 Å². The number of alkyl halides is 1. The van der Waals surface area contributed by atoms with Gasteiger partial charge in [-0.1, -0.05) is 18.2 Å². The van der Waals surface area contributed by atoms with Crippen LogP contribution in [0, 0.1) is 0 Å². The van der Waals surface area contributed by atoms with Gasteiger partial charge in [0.15, 0.2) is 9.84 Å². The summed E-state index contributed by atoms with van der Waals surface area (Å²) in [5.74, 6) is -0.0500. The maximum Gasteiger partial charge on any atom is 0.180 e. The van der Waals surface area contributed by atoms with Gasteiger partial charge >= 0.3 is 0 Å². The van der Waals surface area contributed by atoms with E-state index in [1.54, 1.807) is 44.2 Å². The van der Waals surface area contributed by atoms with E-state index < -0.39 is 14.7 Å². The van der Waals surface area contributed by atoms with E-state index in [9.17, 15) is 8.42 Å². The number of hydrogen-bond acceptors (Lipinski definition) is 2. The van der Waals surface area contributed by atoms with Crippen molar-refractivity contribution in [2.75, 3.05) is 5.75 Å². The molecule has 0 radical (unpaired) electrons. The minimum atomic E-state index is -3.25. The van der Waals surface area contributed by atoms with Gasteiger partial charge in [0.25, 0.3) is 0 Å². The van der Waals surface area contributed by atoms with E-state index in [4.69, 9.17) is 11.6 Å². The zero-order valence-electron chi connectivity index (χ0n) is 8.20. The van der Waals surface area contributed by atoms with Crippen molar-refractivity contribution in [2.24, 2.45) is 0 Å². The van der Waals surface area contributed by atoms with Crippen molar-refractivity contribution in [3.05, 3.63) is 30.3 Å². The van der Waals surface area contributed by atoms with Crippen LogP contribution < -0.4 is 0 Å². The molecule has 78 valence electrons. The molecule has 1 aromatic carbocycles. The highest BCUT2D eigenvalue weighted by molar-refractivity contribution is 7.91. The van der Waals surface area contributed by atoms with Crippen molar-refractivity contribution in [1.82, 2.24) is 0 Å². The summed E-state index contributed by atoms with van der Waals surface area (Å²) >= 11 is 5.89. The molecule has 0 N–H and O–H groups in total. The van der Waals surface area contributed by atoms with Gasteiger partial charge in [-0.3, -0.25) is 0 Å². The lowest BCUT2D eigenvalue weighted by Gasteiger charge is -2.15. The molecule has 0 aliphatic rings. The first-order chi connectivity index (χ1) is 6.31. The van der Waals surface area contributed by atoms with Crippen molar-refractivity contribution in [1.29, 1.82) is 0 Å². The molecular formula is C10H13ClO2S. The molecular weight excluding hydrogens is 220 g/mol. The Bertz CT molecular complexity index is 390. The summed E-state index contributed by atoms with van der Waals surface area (Å²) in [6.45, 7) is 3.38. The van der Waals surface area contributed by atoms with Gasteiger partial charge in [0.1, 0.15) is 0 Å². The van der Waals surface area contributed by atoms with Gasteiger partial charge in [0.2, 0.25) is 0 Å². The van der Waals surface area contributed by atoms with Gasteiger partial charge < -0.3 is 0 Å². The van der Waals surface area contributed by atoms with Gasteiger partial charge in [0, 0.05) is 0 Å². The smallest absolute Gasteiger partial charge is 0.180 e. The lowest BCUT2D eigenvalue weighted by atomic mass is 10.3. The third-order valence-electron chi connectivity index (χ3n) is 1.64. The third kappa shape index (κ3) is 3.31. The lowest BCUT2D eigenvalue weighted by molar-refractivity contribution is 0.587. The second-order valence-electron chi connectivity index (χ2n) is 3.79. The predicted octanol–water partition coefficient (Wildman–Crippen LogP) is 2.48. The number of benzene rings is 1. The van der Waals surface area contributed by atoms with Crippen LogP contribution in [0.5, 0.6) is 0 Å². The van der Waals surface area contributed by atoms with Crippen LogP contribution in [-0.2, 0) is 9.84 Å². The molecule has 1 rings (SSSR count). The summed E-state index contributed by atoms with van der Waals surface area (Å²) in [6.07, 6.45) is 0. The van der Waals surface area contributed by atoms with Crippen LogP contribution in [0.15, 0.2) is 35.2 Å². The molecule has 1 aromatic rings. The Hall–Kier alpha value is -0.540. The Kier molecular flexibility index (Phi) is 3.22. The highest BCUT2D eigenvalue weighted by atomic mass is 35.5. The third-order valence-corrected chi connectivity index (χ3v) is 4.02. The topological polar surface area (TPSA) is 34.1 Å². The number of halogens is 1. The molecule has 0 saturated carbocycles. The Balaban J connectivity index is 2.99. The molecule has 0 unspecified atom stereocenters. The Morgan fingerprint density at radius 3 is 2.14 bits per heavy atom. The maximum atomic E-state index is 11.8. The summed E-state index contributed by atoms with van der Waals surface area (Å²) in [5.41, 5.74) is 0. The zero-order chi connectivity index (χ0) is 10.8. The van der Waals surface area contributed by atoms with Crippen LogP contribution in [0.3, 0.4) is 0 Å². The highest BCUT2D eigenvalue weighted by Gasteiger charge is 2.24. The molecule has 14 heavy (non-hydrogen) atoms. The maximum absolute atomic E-state index is 11.8. The van der Waals surface area contributed by atoms with Crippen LogP contribution in [-0.4, -0.2) is 19.0 Å². The first-order valence-electron chi connectivity index (χ1n) is 4.28. The van der Waals surface area contributed by atoms with E-state index in [0.29, 0.717) is 4.90 Å². The monoisotopic (exact) mass is 232 g/mol. The molecule has 0 aliphatic heterocycles. The van der Waals surface area contributed by atoms with Crippen molar-refractivity contribution >= 4 is 21.4 Å². The number of hydrogen-bond donors (Lipinski definition) is 0. The highest BCUT2D eigenvalue weighted by Crippen LogP contribution is 2.20. The summed E-state index contributed by atoms with van der Waals surface area (Å²) in [4.78, 5) is -0.400. The second kappa shape index (κ2) is 3.91. The van der Waals surface area contributed by atoms with E-state index in [0.717, 1.165) is 0 Å². The van der Waals surface area contributed by atoms with Crippen molar-refractivity contribution in [2.45, 2.75) is 23.6 Å². The molecule has 0 fully saturated rings. The largest absolute Gasteiger partial charge is 0.224 e. The predicted molar refractivity (Wildman–Crippen MR) is 58.4 cm³/mol. The van der Waals surface area contributed by atoms with E-state index in [1.807, 2.05) is 0 Å². The van der Waals surface area contributed by atoms with Gasteiger partial charge in [-0.25, -0.2) is 8.42 Å². The fourth-order valence-corrected chi connectivity index (χ4v) is 3.24. The molecule has 2 nitrogen and oxygen atoms in total. The standard InChI is InChI=1S/C10H13ClO2S/c1-10(2,11)8-14(12,13)9-6-4-3-5-7-9/h3-7H,8H2,1-2H3.